The zero-order valence-electron chi connectivity index (χ0n) is 9.18. The molecule has 0 fully saturated rings. The lowest BCUT2D eigenvalue weighted by molar-refractivity contribution is -0.146. The van der Waals surface area contributed by atoms with Crippen molar-refractivity contribution in [1.82, 2.24) is 0 Å². The molecule has 4 nitrogen and oxygen atoms in total. The second-order valence-electron chi connectivity index (χ2n) is 3.75. The van der Waals surface area contributed by atoms with Gasteiger partial charge in [0.05, 0.1) is 6.61 Å². The van der Waals surface area contributed by atoms with Crippen molar-refractivity contribution in [2.45, 2.75) is 25.5 Å². The molecule has 2 atom stereocenters. The predicted octanol–water partition coefficient (Wildman–Crippen LogP) is 0.880. The van der Waals surface area contributed by atoms with E-state index < -0.39 is 12.0 Å². The quantitative estimate of drug-likeness (QED) is 0.770. The first-order chi connectivity index (χ1) is 7.72. The Hall–Kier alpha value is -1.55. The maximum Gasteiger partial charge on any atom is 0.326 e. The third-order valence-electron chi connectivity index (χ3n) is 2.63. The highest BCUT2D eigenvalue weighted by atomic mass is 16.5. The molecular formula is C12H15NO3. The number of carbonyl (C=O) groups is 1. The van der Waals surface area contributed by atoms with Crippen molar-refractivity contribution >= 4 is 5.97 Å². The van der Waals surface area contributed by atoms with E-state index in [-0.39, 0.29) is 6.10 Å². The second-order valence-corrected chi connectivity index (χ2v) is 3.75. The van der Waals surface area contributed by atoms with E-state index in [9.17, 15) is 4.79 Å². The highest BCUT2D eigenvalue weighted by molar-refractivity contribution is 5.76. The molecule has 0 unspecified atom stereocenters. The first-order valence-electron chi connectivity index (χ1n) is 5.39. The van der Waals surface area contributed by atoms with Gasteiger partial charge in [0, 0.05) is 6.42 Å². The molecule has 0 aliphatic carbocycles. The van der Waals surface area contributed by atoms with Crippen LogP contribution in [0.1, 0.15) is 12.5 Å². The summed E-state index contributed by atoms with van der Waals surface area (Å²) in [6, 6.07) is 6.99. The van der Waals surface area contributed by atoms with Crippen LogP contribution in [0.2, 0.25) is 0 Å². The van der Waals surface area contributed by atoms with Gasteiger partial charge in [0.1, 0.15) is 17.9 Å². The summed E-state index contributed by atoms with van der Waals surface area (Å²) in [5.41, 5.74) is 6.88. The van der Waals surface area contributed by atoms with Crippen molar-refractivity contribution in [1.29, 1.82) is 0 Å². The van der Waals surface area contributed by atoms with Gasteiger partial charge in [0.15, 0.2) is 0 Å². The topological polar surface area (TPSA) is 61.5 Å². The molecule has 1 heterocycles. The minimum Gasteiger partial charge on any atom is -0.488 e. The Balaban J connectivity index is 2.03. The summed E-state index contributed by atoms with van der Waals surface area (Å²) in [4.78, 5) is 11.5. The van der Waals surface area contributed by atoms with Gasteiger partial charge in [-0.15, -0.1) is 0 Å². The van der Waals surface area contributed by atoms with E-state index >= 15 is 0 Å². The maximum atomic E-state index is 11.5. The first-order valence-corrected chi connectivity index (χ1v) is 5.39. The molecule has 2 rings (SSSR count). The number of benzene rings is 1. The van der Waals surface area contributed by atoms with Gasteiger partial charge < -0.3 is 15.2 Å². The Labute approximate surface area is 94.3 Å². The molecule has 0 bridgehead atoms. The molecule has 0 spiro atoms. The third-order valence-corrected chi connectivity index (χ3v) is 2.63. The van der Waals surface area contributed by atoms with Crippen molar-refractivity contribution in [2.75, 3.05) is 6.61 Å². The van der Waals surface area contributed by atoms with Crippen LogP contribution in [0.25, 0.3) is 0 Å². The van der Waals surface area contributed by atoms with E-state index in [0.29, 0.717) is 13.0 Å². The number of para-hydroxylation sites is 1. The smallest absolute Gasteiger partial charge is 0.326 e. The lowest BCUT2D eigenvalue weighted by Gasteiger charge is -2.17. The summed E-state index contributed by atoms with van der Waals surface area (Å²) in [5.74, 6) is 0.410. The largest absolute Gasteiger partial charge is 0.488 e. The van der Waals surface area contributed by atoms with E-state index in [4.69, 9.17) is 15.2 Å². The number of hydrogen-bond acceptors (Lipinski definition) is 4. The summed E-state index contributed by atoms with van der Waals surface area (Å²) in [6.45, 7) is 2.10. The lowest BCUT2D eigenvalue weighted by Crippen LogP contribution is -2.45. The molecule has 1 aromatic rings. The van der Waals surface area contributed by atoms with E-state index in [1.165, 1.54) is 0 Å². The van der Waals surface area contributed by atoms with Gasteiger partial charge in [-0.3, -0.25) is 4.79 Å². The minimum atomic E-state index is -0.715. The Morgan fingerprint density at radius 2 is 2.38 bits per heavy atom. The Kier molecular flexibility index (Phi) is 3.10. The number of fused-ring (bicyclic) bond motifs is 1. The van der Waals surface area contributed by atoms with E-state index in [1.54, 1.807) is 6.92 Å². The van der Waals surface area contributed by atoms with Crippen LogP contribution < -0.4 is 10.5 Å². The van der Waals surface area contributed by atoms with E-state index in [0.717, 1.165) is 11.3 Å². The molecule has 4 heteroatoms. The van der Waals surface area contributed by atoms with Gasteiger partial charge in [-0.25, -0.2) is 0 Å². The zero-order chi connectivity index (χ0) is 11.5. The van der Waals surface area contributed by atoms with Crippen LogP contribution in [-0.4, -0.2) is 24.7 Å². The van der Waals surface area contributed by atoms with Crippen LogP contribution in [0.15, 0.2) is 24.3 Å². The van der Waals surface area contributed by atoms with Crippen molar-refractivity contribution in [3.05, 3.63) is 29.8 Å². The minimum absolute atomic E-state index is 0.309. The normalized spacial score (nSPS) is 19.8. The van der Waals surface area contributed by atoms with Crippen LogP contribution >= 0.6 is 0 Å². The number of ether oxygens (including phenoxy) is 2. The van der Waals surface area contributed by atoms with Crippen LogP contribution in [0.5, 0.6) is 5.75 Å². The molecular weight excluding hydrogens is 206 g/mol. The fourth-order valence-corrected chi connectivity index (χ4v) is 1.80. The van der Waals surface area contributed by atoms with Crippen LogP contribution in [0.3, 0.4) is 0 Å². The molecule has 0 radical (unpaired) electrons. The van der Waals surface area contributed by atoms with Gasteiger partial charge in [-0.2, -0.15) is 0 Å². The third kappa shape index (κ3) is 2.02. The molecule has 0 saturated carbocycles. The van der Waals surface area contributed by atoms with Gasteiger partial charge in [0.25, 0.3) is 0 Å². The van der Waals surface area contributed by atoms with Crippen LogP contribution in [0.4, 0.5) is 0 Å². The fraction of sp³-hybridized carbons (Fsp3) is 0.417. The molecule has 0 amide bonds. The maximum absolute atomic E-state index is 11.5. The summed E-state index contributed by atoms with van der Waals surface area (Å²) in [6.07, 6.45) is 0.354. The zero-order valence-corrected chi connectivity index (χ0v) is 9.18. The summed E-state index contributed by atoms with van der Waals surface area (Å²) in [5, 5.41) is 0. The summed E-state index contributed by atoms with van der Waals surface area (Å²) < 4.78 is 10.5. The average molecular weight is 221 g/mol. The van der Waals surface area contributed by atoms with Crippen LogP contribution in [0, 0.1) is 0 Å². The van der Waals surface area contributed by atoms with E-state index in [1.807, 2.05) is 24.3 Å². The highest BCUT2D eigenvalue weighted by Crippen LogP contribution is 2.29. The molecule has 0 saturated heterocycles. The monoisotopic (exact) mass is 221 g/mol. The number of nitrogens with two attached hydrogens (primary N) is 1. The SMILES string of the molecule is CCOC(=O)[C@@H](N)[C@@H]1Cc2ccccc2O1. The number of esters is 1. The predicted molar refractivity (Wildman–Crippen MR) is 59.2 cm³/mol. The average Bonchev–Trinajstić information content (AvgIpc) is 2.71. The van der Waals surface area contributed by atoms with E-state index in [2.05, 4.69) is 0 Å². The Bertz CT molecular complexity index is 367. The molecule has 1 aliphatic rings. The molecule has 86 valence electrons. The fourth-order valence-electron chi connectivity index (χ4n) is 1.80. The van der Waals surface area contributed by atoms with Gasteiger partial charge in [-0.05, 0) is 18.6 Å². The van der Waals surface area contributed by atoms with Gasteiger partial charge in [-0.1, -0.05) is 18.2 Å². The molecule has 1 aliphatic heterocycles. The molecule has 16 heavy (non-hydrogen) atoms. The van der Waals surface area contributed by atoms with Gasteiger partial charge >= 0.3 is 5.97 Å². The Morgan fingerprint density at radius 1 is 1.62 bits per heavy atom. The van der Waals surface area contributed by atoms with Crippen LogP contribution in [-0.2, 0) is 16.0 Å². The number of hydrogen-bond donors (Lipinski definition) is 1. The van der Waals surface area contributed by atoms with Crippen molar-refractivity contribution in [2.24, 2.45) is 5.73 Å². The second kappa shape index (κ2) is 4.53. The summed E-state index contributed by atoms with van der Waals surface area (Å²) >= 11 is 0. The standard InChI is InChI=1S/C12H15NO3/c1-2-15-12(14)11(13)10-7-8-5-3-4-6-9(8)16-10/h3-6,10-11H,2,7,13H2,1H3/t10-,11-/m0/s1. The van der Waals surface area contributed by atoms with Gasteiger partial charge in [0.2, 0.25) is 0 Å². The highest BCUT2D eigenvalue weighted by Gasteiger charge is 2.32. The molecule has 2 N–H and O–H groups in total. The molecule has 1 aromatic carbocycles. The number of carbonyl (C=O) groups excluding carboxylic acids is 1. The Morgan fingerprint density at radius 3 is 3.06 bits per heavy atom. The first kappa shape index (κ1) is 11.0. The van der Waals surface area contributed by atoms with Crippen molar-refractivity contribution < 1.29 is 14.3 Å². The molecule has 0 aromatic heterocycles. The lowest BCUT2D eigenvalue weighted by atomic mass is 10.1. The van der Waals surface area contributed by atoms with Crippen molar-refractivity contribution in [3.8, 4) is 5.75 Å². The number of rotatable bonds is 3. The van der Waals surface area contributed by atoms with Crippen molar-refractivity contribution in [3.63, 3.8) is 0 Å². The summed E-state index contributed by atoms with van der Waals surface area (Å²) in [7, 11) is 0.